The Bertz CT molecular complexity index is 272. The van der Waals surface area contributed by atoms with Crippen LogP contribution in [-0.2, 0) is 8.85 Å². The van der Waals surface area contributed by atoms with Crippen LogP contribution in [0.3, 0.4) is 0 Å². The Balaban J connectivity index is 5.04. The predicted octanol–water partition coefficient (Wildman–Crippen LogP) is 3.82. The number of nitrogens with zero attached hydrogens (tertiary/aromatic N) is 2. The van der Waals surface area contributed by atoms with Crippen LogP contribution in [0.4, 0.5) is 0 Å². The molecule has 4 nitrogen and oxygen atoms in total. The van der Waals surface area contributed by atoms with E-state index in [9.17, 15) is 0 Å². The predicted molar refractivity (Wildman–Crippen MR) is 103 cm³/mol. The maximum Gasteiger partial charge on any atom is 0.337 e. The summed E-state index contributed by atoms with van der Waals surface area (Å²) in [4.78, 5) is 4.58. The molecule has 0 amide bonds. The van der Waals surface area contributed by atoms with Gasteiger partial charge in [-0.05, 0) is 84.5 Å². The molecule has 0 aliphatic heterocycles. The molecule has 23 heavy (non-hydrogen) atoms. The van der Waals surface area contributed by atoms with Crippen molar-refractivity contribution < 1.29 is 8.85 Å². The minimum absolute atomic E-state index is 0.361. The first-order valence-corrected chi connectivity index (χ1v) is 11.4. The fourth-order valence-electron chi connectivity index (χ4n) is 3.53. The second kappa shape index (κ2) is 11.6. The highest BCUT2D eigenvalue weighted by Gasteiger charge is 2.42. The SMILES string of the molecule is CCC(CCCN(C)C)(CCCN(C)C)C[Si](CC)(OC)OC. The van der Waals surface area contributed by atoms with Crippen LogP contribution in [0.25, 0.3) is 0 Å². The van der Waals surface area contributed by atoms with Gasteiger partial charge in [-0.3, -0.25) is 0 Å². The van der Waals surface area contributed by atoms with Crippen molar-refractivity contribution in [2.45, 2.75) is 58.0 Å². The third-order valence-electron chi connectivity index (χ3n) is 5.30. The summed E-state index contributed by atoms with van der Waals surface area (Å²) in [5.41, 5.74) is 0.361. The van der Waals surface area contributed by atoms with Crippen molar-refractivity contribution in [3.05, 3.63) is 0 Å². The molecule has 0 saturated heterocycles. The van der Waals surface area contributed by atoms with E-state index in [0.29, 0.717) is 5.41 Å². The maximum atomic E-state index is 5.94. The Hall–Kier alpha value is 0.0569. The highest BCUT2D eigenvalue weighted by Crippen LogP contribution is 2.43. The molecule has 0 aromatic carbocycles. The van der Waals surface area contributed by atoms with Gasteiger partial charge in [0.25, 0.3) is 0 Å². The lowest BCUT2D eigenvalue weighted by Crippen LogP contribution is -2.45. The molecule has 0 bridgehead atoms. The molecule has 0 unspecified atom stereocenters. The minimum Gasteiger partial charge on any atom is -0.398 e. The molecule has 0 rings (SSSR count). The van der Waals surface area contributed by atoms with Gasteiger partial charge >= 0.3 is 8.56 Å². The summed E-state index contributed by atoms with van der Waals surface area (Å²) < 4.78 is 11.9. The van der Waals surface area contributed by atoms with E-state index < -0.39 is 8.56 Å². The van der Waals surface area contributed by atoms with Gasteiger partial charge in [0.15, 0.2) is 0 Å². The number of rotatable bonds is 14. The van der Waals surface area contributed by atoms with Crippen LogP contribution in [-0.4, -0.2) is 73.9 Å². The van der Waals surface area contributed by atoms with Crippen LogP contribution in [0.5, 0.6) is 0 Å². The smallest absolute Gasteiger partial charge is 0.337 e. The van der Waals surface area contributed by atoms with E-state index >= 15 is 0 Å². The third-order valence-corrected chi connectivity index (χ3v) is 9.16. The lowest BCUT2D eigenvalue weighted by molar-refractivity contribution is 0.174. The zero-order valence-electron chi connectivity index (χ0n) is 17.1. The molecular formula is C18H42N2O2Si. The normalized spacial score (nSPS) is 13.3. The second-order valence-electron chi connectivity index (χ2n) is 7.52. The molecule has 0 spiro atoms. The Morgan fingerprint density at radius 2 is 1.26 bits per heavy atom. The zero-order chi connectivity index (χ0) is 17.9. The van der Waals surface area contributed by atoms with Crippen molar-refractivity contribution in [2.24, 2.45) is 5.41 Å². The molecule has 0 aromatic rings. The van der Waals surface area contributed by atoms with Gasteiger partial charge in [0.05, 0.1) is 0 Å². The lowest BCUT2D eigenvalue weighted by atomic mass is 9.78. The van der Waals surface area contributed by atoms with Gasteiger partial charge in [0, 0.05) is 14.2 Å². The van der Waals surface area contributed by atoms with E-state index in [2.05, 4.69) is 51.8 Å². The lowest BCUT2D eigenvalue weighted by Gasteiger charge is -2.40. The van der Waals surface area contributed by atoms with Gasteiger partial charge in [0.2, 0.25) is 0 Å². The van der Waals surface area contributed by atoms with E-state index in [1.807, 2.05) is 14.2 Å². The van der Waals surface area contributed by atoms with E-state index in [1.165, 1.54) is 32.1 Å². The van der Waals surface area contributed by atoms with Gasteiger partial charge in [-0.15, -0.1) is 0 Å². The van der Waals surface area contributed by atoms with Crippen molar-refractivity contribution in [2.75, 3.05) is 55.5 Å². The fourth-order valence-corrected chi connectivity index (χ4v) is 6.56. The Kier molecular flexibility index (Phi) is 11.6. The average molecular weight is 347 g/mol. The van der Waals surface area contributed by atoms with E-state index in [0.717, 1.165) is 25.2 Å². The first kappa shape index (κ1) is 23.1. The van der Waals surface area contributed by atoms with Gasteiger partial charge < -0.3 is 18.7 Å². The molecule has 140 valence electrons. The zero-order valence-corrected chi connectivity index (χ0v) is 18.1. The molecular weight excluding hydrogens is 304 g/mol. The van der Waals surface area contributed by atoms with E-state index in [-0.39, 0.29) is 0 Å². The van der Waals surface area contributed by atoms with Crippen LogP contribution < -0.4 is 0 Å². The van der Waals surface area contributed by atoms with Crippen LogP contribution >= 0.6 is 0 Å². The summed E-state index contributed by atoms with van der Waals surface area (Å²) in [5, 5.41) is 0. The molecule has 0 saturated carbocycles. The van der Waals surface area contributed by atoms with Crippen LogP contribution in [0.2, 0.25) is 12.1 Å². The highest BCUT2D eigenvalue weighted by molar-refractivity contribution is 6.67. The molecule has 0 heterocycles. The number of hydrogen-bond donors (Lipinski definition) is 0. The van der Waals surface area contributed by atoms with Crippen molar-refractivity contribution in [1.29, 1.82) is 0 Å². The number of hydrogen-bond acceptors (Lipinski definition) is 4. The van der Waals surface area contributed by atoms with Crippen molar-refractivity contribution >= 4 is 8.56 Å². The molecule has 0 aliphatic carbocycles. The van der Waals surface area contributed by atoms with Crippen molar-refractivity contribution in [1.82, 2.24) is 9.80 Å². The first-order valence-electron chi connectivity index (χ1n) is 9.18. The van der Waals surface area contributed by atoms with Gasteiger partial charge in [-0.25, -0.2) is 0 Å². The molecule has 0 aliphatic rings. The summed E-state index contributed by atoms with van der Waals surface area (Å²) in [5.74, 6) is 0. The molecule has 5 heteroatoms. The average Bonchev–Trinajstić information content (AvgIpc) is 2.51. The third kappa shape index (κ3) is 8.63. The minimum atomic E-state index is -2.06. The largest absolute Gasteiger partial charge is 0.398 e. The maximum absolute atomic E-state index is 5.94. The molecule has 0 radical (unpaired) electrons. The molecule has 0 N–H and O–H groups in total. The second-order valence-corrected chi connectivity index (χ2v) is 11.2. The summed E-state index contributed by atoms with van der Waals surface area (Å²) in [7, 11) is 10.3. The van der Waals surface area contributed by atoms with Crippen LogP contribution in [0.1, 0.15) is 46.0 Å². The van der Waals surface area contributed by atoms with E-state index in [4.69, 9.17) is 8.85 Å². The van der Waals surface area contributed by atoms with Crippen LogP contribution in [0.15, 0.2) is 0 Å². The van der Waals surface area contributed by atoms with Crippen molar-refractivity contribution in [3.63, 3.8) is 0 Å². The standard InChI is InChI=1S/C18H42N2O2Si/c1-9-18(13-11-15-19(3)4,14-12-16-20(5)6)17-23(10-2,21-7)22-8/h9-17H2,1-8H3. The first-order chi connectivity index (χ1) is 10.8. The van der Waals surface area contributed by atoms with Gasteiger partial charge in [-0.2, -0.15) is 0 Å². The summed E-state index contributed by atoms with van der Waals surface area (Å²) >= 11 is 0. The summed E-state index contributed by atoms with van der Waals surface area (Å²) in [6, 6.07) is 2.16. The molecule has 0 fully saturated rings. The quantitative estimate of drug-likeness (QED) is 0.446. The Morgan fingerprint density at radius 3 is 1.52 bits per heavy atom. The summed E-state index contributed by atoms with van der Waals surface area (Å²) in [6.07, 6.45) is 6.28. The van der Waals surface area contributed by atoms with Gasteiger partial charge in [-0.1, -0.05) is 20.3 Å². The monoisotopic (exact) mass is 346 g/mol. The highest BCUT2D eigenvalue weighted by atomic mass is 28.4. The molecule has 0 atom stereocenters. The Morgan fingerprint density at radius 1 is 0.826 bits per heavy atom. The summed E-state index contributed by atoms with van der Waals surface area (Å²) in [6.45, 7) is 6.90. The Labute approximate surface area is 146 Å². The molecule has 0 aromatic heterocycles. The van der Waals surface area contributed by atoms with Gasteiger partial charge in [0.1, 0.15) is 0 Å². The fraction of sp³-hybridized carbons (Fsp3) is 1.00. The van der Waals surface area contributed by atoms with Crippen LogP contribution in [0, 0.1) is 5.41 Å². The van der Waals surface area contributed by atoms with Crippen molar-refractivity contribution in [3.8, 4) is 0 Å². The van der Waals surface area contributed by atoms with E-state index in [1.54, 1.807) is 0 Å². The topological polar surface area (TPSA) is 24.9 Å².